The molecule has 3 nitrogen and oxygen atoms in total. The van der Waals surface area contributed by atoms with E-state index in [-0.39, 0.29) is 18.4 Å². The van der Waals surface area contributed by atoms with Gasteiger partial charge >= 0.3 is 0 Å². The van der Waals surface area contributed by atoms with Crippen molar-refractivity contribution in [1.82, 2.24) is 4.90 Å². The second-order valence-corrected chi connectivity index (χ2v) is 4.80. The Morgan fingerprint density at radius 1 is 0.905 bits per heavy atom. The summed E-state index contributed by atoms with van der Waals surface area (Å²) in [6.45, 7) is 0.237. The van der Waals surface area contributed by atoms with E-state index in [1.165, 1.54) is 4.90 Å². The molecule has 2 aromatic rings. The van der Waals surface area contributed by atoms with Crippen LogP contribution >= 0.6 is 0 Å². The predicted molar refractivity (Wildman–Crippen MR) is 82.7 cm³/mol. The van der Waals surface area contributed by atoms with E-state index >= 15 is 0 Å². The number of imide groups is 1. The molecule has 0 bridgehead atoms. The molecule has 0 aromatic heterocycles. The Kier molecular flexibility index (Phi) is 3.44. The van der Waals surface area contributed by atoms with Gasteiger partial charge in [-0.2, -0.15) is 0 Å². The van der Waals surface area contributed by atoms with E-state index in [0.29, 0.717) is 16.6 Å². The third kappa shape index (κ3) is 2.40. The van der Waals surface area contributed by atoms with Gasteiger partial charge in [-0.3, -0.25) is 14.5 Å². The highest BCUT2D eigenvalue weighted by Gasteiger charge is 2.33. The normalized spacial score (nSPS) is 14.0. The number of amides is 2. The quantitative estimate of drug-likeness (QED) is 0.631. The summed E-state index contributed by atoms with van der Waals surface area (Å²) in [6.07, 6.45) is 3.59. The van der Waals surface area contributed by atoms with Gasteiger partial charge in [-0.05, 0) is 17.7 Å². The summed E-state index contributed by atoms with van der Waals surface area (Å²) in [5.74, 6) is -0.498. The Hall–Kier alpha value is -2.62. The molecule has 0 atom stereocenters. The molecule has 0 aliphatic carbocycles. The van der Waals surface area contributed by atoms with Gasteiger partial charge in [0.1, 0.15) is 7.85 Å². The number of hydrogen-bond acceptors (Lipinski definition) is 2. The maximum atomic E-state index is 12.2. The fourth-order valence-electron chi connectivity index (χ4n) is 2.35. The second kappa shape index (κ2) is 5.41. The number of rotatable bonds is 3. The number of nitrogens with zero attached hydrogens (tertiary/aromatic N) is 1. The van der Waals surface area contributed by atoms with Crippen molar-refractivity contribution in [3.8, 4) is 0 Å². The zero-order valence-electron chi connectivity index (χ0n) is 11.3. The summed E-state index contributed by atoms with van der Waals surface area (Å²) in [4.78, 5) is 25.6. The average molecular weight is 273 g/mol. The van der Waals surface area contributed by atoms with Crippen LogP contribution in [0.1, 0.15) is 26.3 Å². The number of hydrogen-bond donors (Lipinski definition) is 0. The van der Waals surface area contributed by atoms with Gasteiger partial charge in [0, 0.05) is 6.54 Å². The Morgan fingerprint density at radius 2 is 1.48 bits per heavy atom. The SMILES string of the molecule is [B]c1ccccc1/C=C/CN1C(=O)c2ccccc2C1=O. The molecule has 21 heavy (non-hydrogen) atoms. The molecule has 0 saturated heterocycles. The summed E-state index contributed by atoms with van der Waals surface area (Å²) in [5, 5.41) is 0. The van der Waals surface area contributed by atoms with E-state index in [2.05, 4.69) is 0 Å². The average Bonchev–Trinajstić information content (AvgIpc) is 2.74. The van der Waals surface area contributed by atoms with Crippen LogP contribution in [0.2, 0.25) is 0 Å². The molecule has 3 rings (SSSR count). The smallest absolute Gasteiger partial charge is 0.261 e. The van der Waals surface area contributed by atoms with E-state index in [9.17, 15) is 9.59 Å². The third-order valence-corrected chi connectivity index (χ3v) is 3.46. The van der Waals surface area contributed by atoms with Crippen molar-refractivity contribution in [3.63, 3.8) is 0 Å². The van der Waals surface area contributed by atoms with Crippen molar-refractivity contribution < 1.29 is 9.59 Å². The maximum Gasteiger partial charge on any atom is 0.261 e. The molecule has 1 aliphatic heterocycles. The Morgan fingerprint density at radius 3 is 2.10 bits per heavy atom. The van der Waals surface area contributed by atoms with Gasteiger partial charge in [0.05, 0.1) is 11.1 Å². The van der Waals surface area contributed by atoms with Crippen molar-refractivity contribution in [3.05, 3.63) is 71.3 Å². The standard InChI is InChI=1S/C17H12BNO2/c18-15-10-4-1-6-12(15)7-5-11-19-16(20)13-8-2-3-9-14(13)17(19)21/h1-10H,11H2/b7-5+. The largest absolute Gasteiger partial charge is 0.270 e. The molecule has 0 unspecified atom stereocenters. The Bertz CT molecular complexity index is 717. The summed E-state index contributed by atoms with van der Waals surface area (Å²) < 4.78 is 0. The molecule has 1 aliphatic rings. The zero-order chi connectivity index (χ0) is 14.8. The fraction of sp³-hybridized carbons (Fsp3) is 0.0588. The Balaban J connectivity index is 1.77. The van der Waals surface area contributed by atoms with Crippen LogP contribution in [0.25, 0.3) is 6.08 Å². The van der Waals surface area contributed by atoms with Gasteiger partial charge in [0.25, 0.3) is 11.8 Å². The van der Waals surface area contributed by atoms with Gasteiger partial charge in [-0.15, -0.1) is 0 Å². The van der Waals surface area contributed by atoms with Crippen LogP contribution in [-0.2, 0) is 0 Å². The number of fused-ring (bicyclic) bond motifs is 1. The molecule has 0 N–H and O–H groups in total. The van der Waals surface area contributed by atoms with Crippen LogP contribution in [0.5, 0.6) is 0 Å². The van der Waals surface area contributed by atoms with E-state index in [1.807, 2.05) is 30.3 Å². The van der Waals surface area contributed by atoms with Crippen molar-refractivity contribution in [2.75, 3.05) is 6.54 Å². The van der Waals surface area contributed by atoms with Gasteiger partial charge in [0.2, 0.25) is 0 Å². The van der Waals surface area contributed by atoms with Crippen LogP contribution in [0.3, 0.4) is 0 Å². The molecule has 2 amide bonds. The van der Waals surface area contributed by atoms with Crippen LogP contribution in [-0.4, -0.2) is 31.1 Å². The molecule has 1 heterocycles. The molecule has 0 spiro atoms. The van der Waals surface area contributed by atoms with Crippen molar-refractivity contribution in [2.24, 2.45) is 0 Å². The van der Waals surface area contributed by atoms with E-state index in [1.54, 1.807) is 30.3 Å². The minimum Gasteiger partial charge on any atom is -0.270 e. The minimum atomic E-state index is -0.249. The number of benzene rings is 2. The first-order valence-electron chi connectivity index (χ1n) is 6.65. The van der Waals surface area contributed by atoms with Crippen LogP contribution in [0.4, 0.5) is 0 Å². The molecule has 4 heteroatoms. The lowest BCUT2D eigenvalue weighted by molar-refractivity contribution is 0.0672. The van der Waals surface area contributed by atoms with Gasteiger partial charge in [-0.1, -0.05) is 54.0 Å². The molecular weight excluding hydrogens is 261 g/mol. The summed E-state index contributed by atoms with van der Waals surface area (Å²) in [7, 11) is 5.84. The van der Waals surface area contributed by atoms with Crippen molar-refractivity contribution in [2.45, 2.75) is 0 Å². The molecule has 2 aromatic carbocycles. The first-order chi connectivity index (χ1) is 10.2. The van der Waals surface area contributed by atoms with Gasteiger partial charge < -0.3 is 0 Å². The fourth-order valence-corrected chi connectivity index (χ4v) is 2.35. The van der Waals surface area contributed by atoms with Crippen molar-refractivity contribution >= 4 is 31.2 Å². The topological polar surface area (TPSA) is 37.4 Å². The lowest BCUT2D eigenvalue weighted by atomic mass is 9.90. The Labute approximate surface area is 124 Å². The first-order valence-corrected chi connectivity index (χ1v) is 6.65. The zero-order valence-corrected chi connectivity index (χ0v) is 11.3. The maximum absolute atomic E-state index is 12.2. The minimum absolute atomic E-state index is 0.237. The molecule has 0 saturated carbocycles. The lowest BCUT2D eigenvalue weighted by Crippen LogP contribution is -2.29. The predicted octanol–water partition coefficient (Wildman–Crippen LogP) is 1.79. The van der Waals surface area contributed by atoms with Crippen LogP contribution in [0, 0.1) is 0 Å². The van der Waals surface area contributed by atoms with Gasteiger partial charge in [-0.25, -0.2) is 0 Å². The van der Waals surface area contributed by atoms with Crippen LogP contribution in [0.15, 0.2) is 54.6 Å². The number of carbonyl (C=O) groups is 2. The van der Waals surface area contributed by atoms with E-state index in [0.717, 1.165) is 5.56 Å². The summed E-state index contributed by atoms with van der Waals surface area (Å²) >= 11 is 0. The third-order valence-electron chi connectivity index (χ3n) is 3.46. The van der Waals surface area contributed by atoms with E-state index < -0.39 is 0 Å². The molecule has 0 fully saturated rings. The van der Waals surface area contributed by atoms with Crippen LogP contribution < -0.4 is 5.46 Å². The molecular formula is C17H12BNO2. The molecule has 2 radical (unpaired) electrons. The second-order valence-electron chi connectivity index (χ2n) is 4.80. The highest BCUT2D eigenvalue weighted by Crippen LogP contribution is 2.22. The van der Waals surface area contributed by atoms with Crippen molar-refractivity contribution in [1.29, 1.82) is 0 Å². The monoisotopic (exact) mass is 273 g/mol. The summed E-state index contributed by atoms with van der Waals surface area (Å²) in [6, 6.07) is 14.3. The summed E-state index contributed by atoms with van der Waals surface area (Å²) in [5.41, 5.74) is 2.47. The first kappa shape index (κ1) is 13.4. The molecule has 100 valence electrons. The van der Waals surface area contributed by atoms with E-state index in [4.69, 9.17) is 7.85 Å². The highest BCUT2D eigenvalue weighted by molar-refractivity contribution is 6.34. The highest BCUT2D eigenvalue weighted by atomic mass is 16.2. The van der Waals surface area contributed by atoms with Gasteiger partial charge in [0.15, 0.2) is 0 Å². The lowest BCUT2D eigenvalue weighted by Gasteiger charge is -2.10. The number of carbonyl (C=O) groups excluding carboxylic acids is 2.